The van der Waals surface area contributed by atoms with Gasteiger partial charge in [-0.05, 0) is 11.6 Å². The third-order valence-corrected chi connectivity index (χ3v) is 6.23. The molecule has 1 heterocycles. The largest absolute Gasteiger partial charge is 0.680 e. The van der Waals surface area contributed by atoms with Gasteiger partial charge in [0.25, 0.3) is 0 Å². The molecule has 0 N–H and O–H groups in total. The van der Waals surface area contributed by atoms with Crippen LogP contribution in [0.4, 0.5) is 0 Å². The van der Waals surface area contributed by atoms with Gasteiger partial charge in [-0.15, -0.1) is 0 Å². The third kappa shape index (κ3) is 6.40. The highest BCUT2D eigenvalue weighted by Crippen LogP contribution is 2.28. The molecule has 1 aliphatic rings. The molecule has 4 aromatic rings. The second-order valence-electron chi connectivity index (χ2n) is 8.84. The maximum absolute atomic E-state index is 5.05. The van der Waals surface area contributed by atoms with Gasteiger partial charge in [-0.2, -0.15) is 6.20 Å². The fourth-order valence-corrected chi connectivity index (χ4v) is 4.41. The van der Waals surface area contributed by atoms with E-state index in [-0.39, 0.29) is 6.04 Å². The molecule has 38 heavy (non-hydrogen) atoms. The second kappa shape index (κ2) is 13.1. The van der Waals surface area contributed by atoms with Crippen molar-refractivity contribution < 1.29 is 0 Å². The van der Waals surface area contributed by atoms with Crippen molar-refractivity contribution in [3.63, 3.8) is 0 Å². The van der Waals surface area contributed by atoms with Crippen LogP contribution in [-0.4, -0.2) is 36.8 Å². The lowest BCUT2D eigenvalue weighted by Gasteiger charge is -2.33. The molecule has 188 valence electrons. The van der Waals surface area contributed by atoms with Crippen molar-refractivity contribution in [3.05, 3.63) is 168 Å². The van der Waals surface area contributed by atoms with Gasteiger partial charge in [-0.3, -0.25) is 11.4 Å². The van der Waals surface area contributed by atoms with E-state index in [0.29, 0.717) is 19.6 Å². The minimum Gasteiger partial charge on any atom is -0.680 e. The minimum absolute atomic E-state index is 0.216. The van der Waals surface area contributed by atoms with E-state index in [1.54, 1.807) is 0 Å². The Morgan fingerprint density at radius 2 is 1.05 bits per heavy atom. The summed E-state index contributed by atoms with van der Waals surface area (Å²) >= 11 is 0. The van der Waals surface area contributed by atoms with Crippen LogP contribution in [0.25, 0.3) is 5.32 Å². The van der Waals surface area contributed by atoms with E-state index in [4.69, 9.17) is 20.3 Å². The summed E-state index contributed by atoms with van der Waals surface area (Å²) in [4.78, 5) is 15.1. The van der Waals surface area contributed by atoms with Gasteiger partial charge in [0.05, 0.1) is 18.0 Å². The van der Waals surface area contributed by atoms with Crippen LogP contribution in [0.2, 0.25) is 0 Å². The molecule has 0 aromatic heterocycles. The molecule has 0 saturated heterocycles. The average Bonchev–Trinajstić information content (AvgIpc) is 2.99. The first-order valence-electron chi connectivity index (χ1n) is 12.9. The molecule has 1 aliphatic heterocycles. The van der Waals surface area contributed by atoms with Gasteiger partial charge in [0, 0.05) is 16.8 Å². The Morgan fingerprint density at radius 1 is 0.553 bits per heavy atom. The molecule has 1 unspecified atom stereocenters. The highest BCUT2D eigenvalue weighted by Gasteiger charge is 2.14. The smallest absolute Gasteiger partial charge is 0.0907 e. The Kier molecular flexibility index (Phi) is 8.66. The Hall–Kier alpha value is -4.57. The summed E-state index contributed by atoms with van der Waals surface area (Å²) < 4.78 is 0. The molecule has 0 spiro atoms. The number of rotatable bonds is 4. The normalized spacial score (nSPS) is 17.7. The predicted octanol–water partition coefficient (Wildman–Crippen LogP) is 7.30. The standard InChI is InChI=1S/C34H30N4/c1-5-15-27(16-6-1)31-32(28-17-7-2-8-18-28)36-24-14-26-38-34(30-21-11-4-12-22-30)33(37-25-13-23-35-31)29-19-9-3-10-20-29/h1-23,31H,24-26H2/q-2/b23-13-,36-32?,37-33?,38-34?. The lowest BCUT2D eigenvalue weighted by Crippen LogP contribution is -2.19. The van der Waals surface area contributed by atoms with Crippen molar-refractivity contribution in [1.82, 2.24) is 0 Å². The molecule has 0 radical (unpaired) electrons. The van der Waals surface area contributed by atoms with Gasteiger partial charge in [-0.25, -0.2) is 0 Å². The Balaban J connectivity index is 1.54. The molecular formula is C34H30N4-2. The Morgan fingerprint density at radius 3 is 1.66 bits per heavy atom. The van der Waals surface area contributed by atoms with E-state index in [1.165, 1.54) is 0 Å². The van der Waals surface area contributed by atoms with Gasteiger partial charge in [0.2, 0.25) is 0 Å². The highest BCUT2D eigenvalue weighted by molar-refractivity contribution is 6.53. The zero-order valence-electron chi connectivity index (χ0n) is 21.3. The predicted molar refractivity (Wildman–Crippen MR) is 160 cm³/mol. The quantitative estimate of drug-likeness (QED) is 0.267. The van der Waals surface area contributed by atoms with E-state index in [9.17, 15) is 0 Å². The van der Waals surface area contributed by atoms with Gasteiger partial charge < -0.3 is 15.3 Å². The van der Waals surface area contributed by atoms with E-state index in [2.05, 4.69) is 55.0 Å². The van der Waals surface area contributed by atoms with Crippen molar-refractivity contribution in [2.75, 3.05) is 19.6 Å². The SMILES string of the molecule is C1=C\[N-]C(c2ccccc2)C(c2ccccc2)=NC[CH-]CN=C(c2ccccc2)C(c2ccccc2)=NC/1. The Bertz CT molecular complexity index is 1410. The summed E-state index contributed by atoms with van der Waals surface area (Å²) in [5, 5.41) is 4.99. The molecule has 0 bridgehead atoms. The van der Waals surface area contributed by atoms with E-state index in [0.717, 1.165) is 39.4 Å². The number of hydrogen-bond donors (Lipinski definition) is 0. The van der Waals surface area contributed by atoms with E-state index in [1.807, 2.05) is 85.1 Å². The lowest BCUT2D eigenvalue weighted by atomic mass is 9.96. The van der Waals surface area contributed by atoms with Crippen LogP contribution >= 0.6 is 0 Å². The molecular weight excluding hydrogens is 464 g/mol. The van der Waals surface area contributed by atoms with Gasteiger partial charge in [-0.1, -0.05) is 146 Å². The van der Waals surface area contributed by atoms with Crippen molar-refractivity contribution in [1.29, 1.82) is 0 Å². The van der Waals surface area contributed by atoms with Crippen LogP contribution in [0.3, 0.4) is 0 Å². The van der Waals surface area contributed by atoms with Crippen LogP contribution in [0, 0.1) is 6.42 Å². The van der Waals surface area contributed by atoms with Crippen LogP contribution in [0.1, 0.15) is 28.3 Å². The van der Waals surface area contributed by atoms with Gasteiger partial charge >= 0.3 is 0 Å². The summed E-state index contributed by atoms with van der Waals surface area (Å²) in [5.74, 6) is 0. The van der Waals surface area contributed by atoms with Gasteiger partial charge in [0.15, 0.2) is 0 Å². The third-order valence-electron chi connectivity index (χ3n) is 6.23. The summed E-state index contributed by atoms with van der Waals surface area (Å²) in [7, 11) is 0. The second-order valence-corrected chi connectivity index (χ2v) is 8.84. The van der Waals surface area contributed by atoms with E-state index < -0.39 is 0 Å². The van der Waals surface area contributed by atoms with Crippen molar-refractivity contribution in [2.45, 2.75) is 6.04 Å². The fraction of sp³-hybridized carbons (Fsp3) is 0.118. The summed E-state index contributed by atoms with van der Waals surface area (Å²) in [6.07, 6.45) is 5.98. The number of benzene rings is 4. The van der Waals surface area contributed by atoms with E-state index >= 15 is 0 Å². The van der Waals surface area contributed by atoms with Crippen molar-refractivity contribution in [2.24, 2.45) is 15.0 Å². The lowest BCUT2D eigenvalue weighted by molar-refractivity contribution is 1.00. The average molecular weight is 495 g/mol. The summed E-state index contributed by atoms with van der Waals surface area (Å²) in [5.41, 5.74) is 6.95. The molecule has 4 heteroatoms. The number of hydrogen-bond acceptors (Lipinski definition) is 3. The molecule has 0 saturated carbocycles. The van der Waals surface area contributed by atoms with Crippen molar-refractivity contribution in [3.8, 4) is 0 Å². The molecule has 5 rings (SSSR count). The topological polar surface area (TPSA) is 51.2 Å². The molecule has 1 atom stereocenters. The monoisotopic (exact) mass is 494 g/mol. The zero-order chi connectivity index (χ0) is 25.8. The first kappa shape index (κ1) is 25.1. The molecule has 4 aromatic carbocycles. The molecule has 0 amide bonds. The molecule has 4 nitrogen and oxygen atoms in total. The zero-order valence-corrected chi connectivity index (χ0v) is 21.3. The molecule has 0 aliphatic carbocycles. The minimum atomic E-state index is -0.216. The first-order chi connectivity index (χ1) is 18.9. The van der Waals surface area contributed by atoms with Crippen molar-refractivity contribution >= 4 is 17.1 Å². The molecule has 0 fully saturated rings. The fourth-order valence-electron chi connectivity index (χ4n) is 4.41. The summed E-state index contributed by atoms with van der Waals surface area (Å²) in [6.45, 7) is 1.56. The number of nitrogens with zero attached hydrogens (tertiary/aromatic N) is 4. The van der Waals surface area contributed by atoms with Crippen LogP contribution < -0.4 is 0 Å². The van der Waals surface area contributed by atoms with Crippen LogP contribution in [-0.2, 0) is 0 Å². The maximum atomic E-state index is 5.05. The summed E-state index contributed by atoms with van der Waals surface area (Å²) in [6, 6.07) is 40.9. The first-order valence-corrected chi connectivity index (χ1v) is 12.9. The van der Waals surface area contributed by atoms with Gasteiger partial charge in [0.1, 0.15) is 0 Å². The maximum Gasteiger partial charge on any atom is 0.0907 e. The van der Waals surface area contributed by atoms with Crippen LogP contribution in [0.5, 0.6) is 0 Å². The van der Waals surface area contributed by atoms with Crippen LogP contribution in [0.15, 0.2) is 149 Å². The Labute approximate surface area is 225 Å². The highest BCUT2D eigenvalue weighted by atomic mass is 14.9. The number of aliphatic imine (C=N–C) groups is 3.